The molecule has 1 heterocycles. The largest absolute Gasteiger partial charge is 0.462 e. The van der Waals surface area contributed by atoms with Gasteiger partial charge in [0.2, 0.25) is 0 Å². The topological polar surface area (TPSA) is 26.3 Å². The molecule has 23 heavy (non-hydrogen) atoms. The van der Waals surface area contributed by atoms with Crippen LogP contribution >= 0.6 is 0 Å². The van der Waals surface area contributed by atoms with E-state index in [9.17, 15) is 4.79 Å². The van der Waals surface area contributed by atoms with Crippen LogP contribution in [0.2, 0.25) is 19.1 Å². The molecule has 0 aromatic heterocycles. The van der Waals surface area contributed by atoms with Crippen molar-refractivity contribution in [3.63, 3.8) is 0 Å². The summed E-state index contributed by atoms with van der Waals surface area (Å²) in [7, 11) is -1.45. The van der Waals surface area contributed by atoms with Gasteiger partial charge in [0.15, 0.2) is 0 Å². The lowest BCUT2D eigenvalue weighted by molar-refractivity contribution is -0.141. The Bertz CT molecular complexity index is 652. The van der Waals surface area contributed by atoms with E-state index in [1.165, 1.54) is 5.56 Å². The van der Waals surface area contributed by atoms with Crippen LogP contribution in [0.4, 0.5) is 0 Å². The number of rotatable bonds is 5. The van der Waals surface area contributed by atoms with Crippen molar-refractivity contribution < 1.29 is 9.53 Å². The van der Waals surface area contributed by atoms with Gasteiger partial charge in [0, 0.05) is 6.42 Å². The molecule has 1 saturated heterocycles. The van der Waals surface area contributed by atoms with Gasteiger partial charge in [-0.3, -0.25) is 4.79 Å². The van der Waals surface area contributed by atoms with Gasteiger partial charge in [0.05, 0.1) is 14.0 Å². The molecule has 0 spiro atoms. The van der Waals surface area contributed by atoms with Crippen molar-refractivity contribution >= 4 is 14.0 Å². The van der Waals surface area contributed by atoms with Gasteiger partial charge in [-0.1, -0.05) is 79.3 Å². The van der Waals surface area contributed by atoms with Crippen LogP contribution in [-0.2, 0) is 15.6 Å². The molecule has 0 amide bonds. The number of carbonyl (C=O) groups excluding carboxylic acids is 1. The van der Waals surface area contributed by atoms with E-state index in [1.807, 2.05) is 30.3 Å². The predicted octanol–water partition coefficient (Wildman–Crippen LogP) is 4.58. The third-order valence-electron chi connectivity index (χ3n) is 4.57. The van der Waals surface area contributed by atoms with Gasteiger partial charge in [-0.25, -0.2) is 0 Å². The monoisotopic (exact) mass is 324 g/mol. The molecule has 1 aliphatic rings. The van der Waals surface area contributed by atoms with Gasteiger partial charge in [-0.05, 0) is 17.7 Å². The number of hydrogen-bond acceptors (Lipinski definition) is 2. The van der Waals surface area contributed by atoms with Crippen molar-refractivity contribution in [2.75, 3.05) is 0 Å². The Labute approximate surface area is 139 Å². The van der Waals surface area contributed by atoms with Gasteiger partial charge in [0.25, 0.3) is 0 Å². The molecule has 120 valence electrons. The van der Waals surface area contributed by atoms with E-state index < -0.39 is 8.07 Å². The maximum absolute atomic E-state index is 12.2. The minimum atomic E-state index is -1.45. The minimum absolute atomic E-state index is 0.0503. The second-order valence-electron chi connectivity index (χ2n) is 7.29. The Morgan fingerprint density at radius 1 is 1.00 bits per heavy atom. The Kier molecular flexibility index (Phi) is 4.67. The first kappa shape index (κ1) is 16.0. The van der Waals surface area contributed by atoms with E-state index in [-0.39, 0.29) is 18.0 Å². The van der Waals surface area contributed by atoms with Crippen LogP contribution in [0.3, 0.4) is 0 Å². The van der Waals surface area contributed by atoms with E-state index in [0.29, 0.717) is 0 Å². The lowest BCUT2D eigenvalue weighted by Crippen LogP contribution is -2.33. The summed E-state index contributed by atoms with van der Waals surface area (Å²) in [4.78, 5) is 12.2. The fourth-order valence-corrected chi connectivity index (χ4v) is 6.54. The molecule has 0 saturated carbocycles. The quantitative estimate of drug-likeness (QED) is 0.594. The molecule has 1 fully saturated rings. The number of ether oxygens (including phenoxy) is 1. The maximum atomic E-state index is 12.2. The SMILES string of the molecule is C[Si](C)(Cc1ccccc1)C[C@@H]1C[C@H](c2ccccc2)C(=O)O1. The summed E-state index contributed by atoms with van der Waals surface area (Å²) in [6.07, 6.45) is 0.909. The number of hydrogen-bond donors (Lipinski definition) is 0. The van der Waals surface area contributed by atoms with Crippen LogP contribution in [-0.4, -0.2) is 20.1 Å². The number of esters is 1. The lowest BCUT2D eigenvalue weighted by atomic mass is 9.96. The molecule has 0 unspecified atom stereocenters. The van der Waals surface area contributed by atoms with Crippen LogP contribution in [0.1, 0.15) is 23.5 Å². The fraction of sp³-hybridized carbons (Fsp3) is 0.350. The molecule has 2 atom stereocenters. The van der Waals surface area contributed by atoms with Crippen molar-refractivity contribution in [1.29, 1.82) is 0 Å². The van der Waals surface area contributed by atoms with Crippen LogP contribution in [0, 0.1) is 0 Å². The highest BCUT2D eigenvalue weighted by Gasteiger charge is 2.38. The first-order valence-electron chi connectivity index (χ1n) is 8.33. The van der Waals surface area contributed by atoms with E-state index in [0.717, 1.165) is 24.1 Å². The van der Waals surface area contributed by atoms with Gasteiger partial charge in [-0.2, -0.15) is 0 Å². The van der Waals surface area contributed by atoms with Crippen molar-refractivity contribution in [1.82, 2.24) is 0 Å². The Morgan fingerprint density at radius 3 is 2.26 bits per heavy atom. The first-order chi connectivity index (χ1) is 11.0. The van der Waals surface area contributed by atoms with Crippen molar-refractivity contribution in [3.05, 3.63) is 71.8 Å². The highest BCUT2D eigenvalue weighted by molar-refractivity contribution is 6.77. The summed E-state index contributed by atoms with van der Waals surface area (Å²) in [6.45, 7) is 4.79. The molecular weight excluding hydrogens is 300 g/mol. The molecule has 2 aromatic carbocycles. The van der Waals surface area contributed by atoms with Crippen molar-refractivity contribution in [2.45, 2.75) is 43.6 Å². The zero-order valence-corrected chi connectivity index (χ0v) is 14.9. The minimum Gasteiger partial charge on any atom is -0.462 e. The second-order valence-corrected chi connectivity index (χ2v) is 12.4. The lowest BCUT2D eigenvalue weighted by Gasteiger charge is -2.25. The Morgan fingerprint density at radius 2 is 1.61 bits per heavy atom. The molecule has 2 aromatic rings. The molecule has 3 rings (SSSR count). The maximum Gasteiger partial charge on any atom is 0.313 e. The highest BCUT2D eigenvalue weighted by Crippen LogP contribution is 2.35. The van der Waals surface area contributed by atoms with Crippen molar-refractivity contribution in [2.24, 2.45) is 0 Å². The van der Waals surface area contributed by atoms with Crippen LogP contribution in [0.15, 0.2) is 60.7 Å². The molecule has 1 aliphatic heterocycles. The van der Waals surface area contributed by atoms with Gasteiger partial charge >= 0.3 is 5.97 Å². The third-order valence-corrected chi connectivity index (χ3v) is 7.50. The predicted molar refractivity (Wildman–Crippen MR) is 96.1 cm³/mol. The summed E-state index contributed by atoms with van der Waals surface area (Å²) < 4.78 is 5.70. The molecule has 2 nitrogen and oxygen atoms in total. The van der Waals surface area contributed by atoms with Crippen LogP contribution in [0.5, 0.6) is 0 Å². The zero-order chi connectivity index (χ0) is 16.3. The summed E-state index contributed by atoms with van der Waals surface area (Å²) in [5.74, 6) is -0.131. The van der Waals surface area contributed by atoms with E-state index >= 15 is 0 Å². The highest BCUT2D eigenvalue weighted by atomic mass is 28.3. The van der Waals surface area contributed by atoms with Crippen LogP contribution < -0.4 is 0 Å². The first-order valence-corrected chi connectivity index (χ1v) is 11.7. The molecule has 0 aliphatic carbocycles. The second kappa shape index (κ2) is 6.71. The molecule has 0 radical (unpaired) electrons. The summed E-state index contributed by atoms with van der Waals surface area (Å²) in [6, 6.07) is 22.8. The molecule has 0 N–H and O–H groups in total. The van der Waals surface area contributed by atoms with E-state index in [4.69, 9.17) is 4.74 Å². The van der Waals surface area contributed by atoms with Crippen molar-refractivity contribution in [3.8, 4) is 0 Å². The average Bonchev–Trinajstić information content (AvgIpc) is 2.88. The normalized spacial score (nSPS) is 21.2. The number of benzene rings is 2. The van der Waals surface area contributed by atoms with Gasteiger partial charge in [-0.15, -0.1) is 0 Å². The zero-order valence-electron chi connectivity index (χ0n) is 13.9. The van der Waals surface area contributed by atoms with Gasteiger partial charge < -0.3 is 4.74 Å². The summed E-state index contributed by atoms with van der Waals surface area (Å²) >= 11 is 0. The van der Waals surface area contributed by atoms with E-state index in [1.54, 1.807) is 0 Å². The molecule has 3 heteroatoms. The summed E-state index contributed by atoms with van der Waals surface area (Å²) in [5, 5.41) is 0. The third kappa shape index (κ3) is 4.11. The standard InChI is InChI=1S/C20H24O2Si/c1-23(2,14-16-9-5-3-6-10-16)15-18-13-19(20(21)22-18)17-11-7-4-8-12-17/h3-12,18-19H,13-15H2,1-2H3/t18-,19+/m0/s1. The van der Waals surface area contributed by atoms with E-state index in [2.05, 4.69) is 43.4 Å². The average molecular weight is 324 g/mol. The Balaban J connectivity index is 1.63. The fourth-order valence-electron chi connectivity index (χ4n) is 3.57. The summed E-state index contributed by atoms with van der Waals surface area (Å²) in [5.41, 5.74) is 2.48. The Hall–Kier alpha value is -1.87. The number of carbonyl (C=O) groups is 1. The van der Waals surface area contributed by atoms with Gasteiger partial charge in [0.1, 0.15) is 6.10 Å². The smallest absolute Gasteiger partial charge is 0.313 e. The van der Waals surface area contributed by atoms with Crippen LogP contribution in [0.25, 0.3) is 0 Å². The number of cyclic esters (lactones) is 1. The molecule has 0 bridgehead atoms. The molecular formula is C20H24O2Si.